The summed E-state index contributed by atoms with van der Waals surface area (Å²) in [5.74, 6) is 3.36. The zero-order chi connectivity index (χ0) is 38.0. The first-order chi connectivity index (χ1) is 28.2. The Morgan fingerprint density at radius 1 is 0.263 bits per heavy atom. The number of rotatable bonds is 5. The van der Waals surface area contributed by atoms with Crippen molar-refractivity contribution in [1.82, 2.24) is 15.0 Å². The Hall–Kier alpha value is -7.69. The van der Waals surface area contributed by atoms with Gasteiger partial charge in [-0.3, -0.25) is 0 Å². The number of hydrogen-bond donors (Lipinski definition) is 0. The fourth-order valence-corrected chi connectivity index (χ4v) is 7.52. The predicted molar refractivity (Wildman–Crippen MR) is 233 cm³/mol. The smallest absolute Gasteiger partial charge is 0.164 e. The second kappa shape index (κ2) is 14.9. The number of benzene rings is 8. The average Bonchev–Trinajstić information content (AvgIpc) is 3.31. The van der Waals surface area contributed by atoms with Crippen LogP contribution in [-0.2, 0) is 0 Å². The van der Waals surface area contributed by atoms with Crippen LogP contribution in [0.25, 0.3) is 90.8 Å². The fraction of sp³-hybridized carbons (Fsp3) is 0. The molecule has 0 radical (unpaired) electrons. The first-order valence-corrected chi connectivity index (χ1v) is 19.1. The molecule has 0 aliphatic carbocycles. The molecule has 10 rings (SSSR count). The molecule has 2 heterocycles. The van der Waals surface area contributed by atoms with Gasteiger partial charge in [0.1, 0.15) is 11.5 Å². The van der Waals surface area contributed by atoms with E-state index in [1.165, 1.54) is 0 Å². The van der Waals surface area contributed by atoms with E-state index in [1.54, 1.807) is 0 Å². The molecule has 9 aromatic rings. The Labute approximate surface area is 332 Å². The van der Waals surface area contributed by atoms with Crippen LogP contribution in [0.5, 0.6) is 11.5 Å². The van der Waals surface area contributed by atoms with E-state index in [4.69, 9.17) is 19.7 Å². The van der Waals surface area contributed by atoms with Gasteiger partial charge in [0.05, 0.1) is 0 Å². The van der Waals surface area contributed by atoms with E-state index in [0.717, 1.165) is 83.8 Å². The molecule has 268 valence electrons. The summed E-state index contributed by atoms with van der Waals surface area (Å²) in [7, 11) is 0. The molecule has 1 aliphatic rings. The Bertz CT molecular complexity index is 2830. The van der Waals surface area contributed by atoms with Gasteiger partial charge in [-0.15, -0.1) is 0 Å². The maximum absolute atomic E-state index is 6.81. The maximum atomic E-state index is 6.81. The van der Waals surface area contributed by atoms with Crippen molar-refractivity contribution >= 4 is 12.2 Å². The molecule has 4 heteroatoms. The molecular formula is C53H35N3O. The molecule has 0 spiro atoms. The fourth-order valence-electron chi connectivity index (χ4n) is 7.52. The largest absolute Gasteiger partial charge is 0.456 e. The van der Waals surface area contributed by atoms with Crippen molar-refractivity contribution < 1.29 is 4.74 Å². The molecule has 1 aromatic heterocycles. The number of aromatic nitrogens is 3. The highest BCUT2D eigenvalue weighted by atomic mass is 16.5. The highest BCUT2D eigenvalue weighted by Gasteiger charge is 2.19. The SMILES string of the molecule is C1=C\c2ccc(-c3nc(-c4cccc(-c5ccccc5)c4)nc(-c4cccc(-c5ccccc5)c4)n3)cc2-c2ccccc2Oc2ccccc2-c2ccccc2/1. The van der Waals surface area contributed by atoms with Crippen molar-refractivity contribution in [2.75, 3.05) is 0 Å². The third-order valence-corrected chi connectivity index (χ3v) is 10.4. The first kappa shape index (κ1) is 33.8. The van der Waals surface area contributed by atoms with Crippen LogP contribution in [0, 0.1) is 0 Å². The summed E-state index contributed by atoms with van der Waals surface area (Å²) in [5, 5.41) is 0. The molecule has 0 amide bonds. The third-order valence-electron chi connectivity index (χ3n) is 10.4. The highest BCUT2D eigenvalue weighted by Crippen LogP contribution is 2.42. The Kier molecular flexibility index (Phi) is 8.82. The summed E-state index contributed by atoms with van der Waals surface area (Å²) < 4.78 is 6.81. The van der Waals surface area contributed by atoms with Gasteiger partial charge in [0.15, 0.2) is 17.5 Å². The van der Waals surface area contributed by atoms with Gasteiger partial charge in [-0.1, -0.05) is 182 Å². The van der Waals surface area contributed by atoms with Crippen molar-refractivity contribution in [3.05, 3.63) is 211 Å². The van der Waals surface area contributed by atoms with Crippen LogP contribution in [0.1, 0.15) is 11.1 Å². The monoisotopic (exact) mass is 729 g/mol. The summed E-state index contributed by atoms with van der Waals surface area (Å²) in [6, 6.07) is 69.0. The molecule has 0 saturated heterocycles. The van der Waals surface area contributed by atoms with Crippen LogP contribution in [0.2, 0.25) is 0 Å². The molecule has 1 aliphatic heterocycles. The minimum Gasteiger partial charge on any atom is -0.456 e. The van der Waals surface area contributed by atoms with Gasteiger partial charge in [0.2, 0.25) is 0 Å². The molecule has 0 N–H and O–H groups in total. The first-order valence-electron chi connectivity index (χ1n) is 19.1. The summed E-state index contributed by atoms with van der Waals surface area (Å²) in [5.41, 5.74) is 13.4. The van der Waals surface area contributed by atoms with Gasteiger partial charge in [0.25, 0.3) is 0 Å². The highest BCUT2D eigenvalue weighted by molar-refractivity contribution is 5.90. The molecule has 8 aromatic carbocycles. The zero-order valence-electron chi connectivity index (χ0n) is 31.0. The van der Waals surface area contributed by atoms with Crippen LogP contribution >= 0.6 is 0 Å². The standard InChI is InChI=1S/C53H35N3O/c1-3-15-36(16-4-1)40-20-13-22-42(33-40)51-54-52(43-23-14-21-41(34-43)37-17-5-2-6-18-37)56-53(55-51)44-32-31-39-30-29-38-19-7-8-24-45(38)46-25-9-11-27-49(46)57-50-28-12-10-26-47(50)48(39)35-44/h1-35H/b30-29-. The number of fused-ring (bicyclic) bond motifs is 6. The van der Waals surface area contributed by atoms with Gasteiger partial charge in [-0.25, -0.2) is 15.0 Å². The molecule has 0 bridgehead atoms. The Morgan fingerprint density at radius 3 is 1.23 bits per heavy atom. The molecular weight excluding hydrogens is 695 g/mol. The van der Waals surface area contributed by atoms with Gasteiger partial charge < -0.3 is 4.74 Å². The average molecular weight is 730 g/mol. The zero-order valence-corrected chi connectivity index (χ0v) is 31.0. The lowest BCUT2D eigenvalue weighted by atomic mass is 9.94. The number of para-hydroxylation sites is 2. The minimum atomic E-state index is 0.584. The molecule has 0 unspecified atom stereocenters. The predicted octanol–water partition coefficient (Wildman–Crippen LogP) is 13.8. The third kappa shape index (κ3) is 6.81. The lowest BCUT2D eigenvalue weighted by Crippen LogP contribution is -2.01. The van der Waals surface area contributed by atoms with Gasteiger partial charge in [-0.05, 0) is 74.8 Å². The lowest BCUT2D eigenvalue weighted by Gasteiger charge is -2.16. The maximum Gasteiger partial charge on any atom is 0.164 e. The van der Waals surface area contributed by atoms with Crippen molar-refractivity contribution in [2.45, 2.75) is 0 Å². The van der Waals surface area contributed by atoms with Gasteiger partial charge in [-0.2, -0.15) is 0 Å². The molecule has 4 nitrogen and oxygen atoms in total. The van der Waals surface area contributed by atoms with E-state index in [2.05, 4.69) is 176 Å². The number of hydrogen-bond acceptors (Lipinski definition) is 4. The molecule has 57 heavy (non-hydrogen) atoms. The van der Waals surface area contributed by atoms with Crippen LogP contribution < -0.4 is 4.74 Å². The molecule has 0 fully saturated rings. The second-order valence-corrected chi connectivity index (χ2v) is 14.0. The summed E-state index contributed by atoms with van der Waals surface area (Å²) in [4.78, 5) is 15.5. The summed E-state index contributed by atoms with van der Waals surface area (Å²) >= 11 is 0. The minimum absolute atomic E-state index is 0.584. The lowest BCUT2D eigenvalue weighted by molar-refractivity contribution is 0.486. The number of ether oxygens (including phenoxy) is 1. The van der Waals surface area contributed by atoms with Crippen LogP contribution in [0.4, 0.5) is 0 Å². The summed E-state index contributed by atoms with van der Waals surface area (Å²) in [6.45, 7) is 0. The van der Waals surface area contributed by atoms with E-state index in [9.17, 15) is 0 Å². The van der Waals surface area contributed by atoms with Crippen LogP contribution in [0.15, 0.2) is 200 Å². The van der Waals surface area contributed by atoms with Crippen molar-refractivity contribution in [3.63, 3.8) is 0 Å². The van der Waals surface area contributed by atoms with Crippen molar-refractivity contribution in [3.8, 4) is 90.2 Å². The van der Waals surface area contributed by atoms with Crippen LogP contribution in [0.3, 0.4) is 0 Å². The van der Waals surface area contributed by atoms with E-state index in [0.29, 0.717) is 17.5 Å². The summed E-state index contributed by atoms with van der Waals surface area (Å²) in [6.07, 6.45) is 4.38. The molecule has 0 saturated carbocycles. The van der Waals surface area contributed by atoms with Gasteiger partial charge in [0, 0.05) is 27.8 Å². The molecule has 0 atom stereocenters. The van der Waals surface area contributed by atoms with E-state index < -0.39 is 0 Å². The van der Waals surface area contributed by atoms with E-state index in [1.807, 2.05) is 36.4 Å². The van der Waals surface area contributed by atoms with Crippen LogP contribution in [-0.4, -0.2) is 15.0 Å². The van der Waals surface area contributed by atoms with Crippen molar-refractivity contribution in [2.24, 2.45) is 0 Å². The Balaban J connectivity index is 1.16. The van der Waals surface area contributed by atoms with Crippen molar-refractivity contribution in [1.29, 1.82) is 0 Å². The normalized spacial score (nSPS) is 12.1. The number of nitrogens with zero attached hydrogens (tertiary/aromatic N) is 3. The van der Waals surface area contributed by atoms with Gasteiger partial charge >= 0.3 is 0 Å². The van der Waals surface area contributed by atoms with E-state index >= 15 is 0 Å². The topological polar surface area (TPSA) is 47.9 Å². The Morgan fingerprint density at radius 2 is 0.667 bits per heavy atom. The second-order valence-electron chi connectivity index (χ2n) is 14.0. The quantitative estimate of drug-likeness (QED) is 0.177. The van der Waals surface area contributed by atoms with E-state index in [-0.39, 0.29) is 0 Å².